The molecule has 2 heteroatoms. The summed E-state index contributed by atoms with van der Waals surface area (Å²) >= 11 is 0. The lowest BCUT2D eigenvalue weighted by Crippen LogP contribution is -2.15. The summed E-state index contributed by atoms with van der Waals surface area (Å²) in [5.41, 5.74) is 14.1. The lowest BCUT2D eigenvalue weighted by molar-refractivity contribution is 0.254. The van der Waals surface area contributed by atoms with E-state index in [0.29, 0.717) is 0 Å². The quantitative estimate of drug-likeness (QED) is 0.903. The Morgan fingerprint density at radius 1 is 1.10 bits per heavy atom. The topological polar surface area (TPSA) is 35.2 Å². The summed E-state index contributed by atoms with van der Waals surface area (Å²) in [5, 5.41) is 0. The van der Waals surface area contributed by atoms with Gasteiger partial charge in [0.1, 0.15) is 11.9 Å². The van der Waals surface area contributed by atoms with Crippen LogP contribution in [0.4, 0.5) is 0 Å². The zero-order valence-corrected chi connectivity index (χ0v) is 13.2. The first-order valence-corrected chi connectivity index (χ1v) is 7.58. The van der Waals surface area contributed by atoms with Crippen molar-refractivity contribution >= 4 is 0 Å². The van der Waals surface area contributed by atoms with E-state index >= 15 is 0 Å². The fourth-order valence-corrected chi connectivity index (χ4v) is 3.48. The SMILES string of the molecule is Cc1cc(C)c(C(N)c2ccc3c(c2)CC(C)O3)c(C)c1. The molecule has 0 saturated carbocycles. The van der Waals surface area contributed by atoms with Gasteiger partial charge in [-0.1, -0.05) is 29.8 Å². The largest absolute Gasteiger partial charge is 0.490 e. The maximum atomic E-state index is 6.56. The molecule has 0 radical (unpaired) electrons. The van der Waals surface area contributed by atoms with E-state index in [2.05, 4.69) is 58.0 Å². The van der Waals surface area contributed by atoms with E-state index in [1.165, 1.54) is 33.4 Å². The molecule has 21 heavy (non-hydrogen) atoms. The van der Waals surface area contributed by atoms with Gasteiger partial charge >= 0.3 is 0 Å². The van der Waals surface area contributed by atoms with Crippen molar-refractivity contribution in [2.24, 2.45) is 5.73 Å². The van der Waals surface area contributed by atoms with E-state index in [-0.39, 0.29) is 12.1 Å². The van der Waals surface area contributed by atoms with Crippen molar-refractivity contribution in [1.29, 1.82) is 0 Å². The number of hydrogen-bond donors (Lipinski definition) is 1. The van der Waals surface area contributed by atoms with Crippen LogP contribution in [0.3, 0.4) is 0 Å². The van der Waals surface area contributed by atoms with E-state index in [9.17, 15) is 0 Å². The first kappa shape index (κ1) is 14.2. The van der Waals surface area contributed by atoms with Gasteiger partial charge in [0.15, 0.2) is 0 Å². The molecule has 2 aromatic carbocycles. The second kappa shape index (κ2) is 5.19. The average Bonchev–Trinajstić information content (AvgIpc) is 2.76. The van der Waals surface area contributed by atoms with Crippen LogP contribution in [0.5, 0.6) is 5.75 Å². The molecule has 2 aromatic rings. The van der Waals surface area contributed by atoms with Crippen LogP contribution in [-0.2, 0) is 6.42 Å². The van der Waals surface area contributed by atoms with Crippen molar-refractivity contribution in [3.63, 3.8) is 0 Å². The Balaban J connectivity index is 2.00. The monoisotopic (exact) mass is 281 g/mol. The van der Waals surface area contributed by atoms with Crippen molar-refractivity contribution in [2.75, 3.05) is 0 Å². The first-order chi connectivity index (χ1) is 9.95. The smallest absolute Gasteiger partial charge is 0.123 e. The molecule has 0 aromatic heterocycles. The summed E-state index contributed by atoms with van der Waals surface area (Å²) in [6.45, 7) is 8.53. The van der Waals surface area contributed by atoms with Crippen molar-refractivity contribution in [1.82, 2.24) is 0 Å². The van der Waals surface area contributed by atoms with E-state index in [1.54, 1.807) is 0 Å². The zero-order valence-electron chi connectivity index (χ0n) is 13.2. The molecule has 0 aliphatic carbocycles. The molecule has 110 valence electrons. The number of fused-ring (bicyclic) bond motifs is 1. The molecule has 0 fully saturated rings. The zero-order chi connectivity index (χ0) is 15.1. The van der Waals surface area contributed by atoms with Crippen LogP contribution in [0.2, 0.25) is 0 Å². The Labute approximate surface area is 126 Å². The summed E-state index contributed by atoms with van der Waals surface area (Å²) in [6.07, 6.45) is 1.25. The van der Waals surface area contributed by atoms with Gasteiger partial charge in [0.25, 0.3) is 0 Å². The average molecular weight is 281 g/mol. The minimum atomic E-state index is -0.0770. The van der Waals surface area contributed by atoms with Gasteiger partial charge in [-0.25, -0.2) is 0 Å². The number of ether oxygens (including phenoxy) is 1. The summed E-state index contributed by atoms with van der Waals surface area (Å²) < 4.78 is 5.77. The normalized spacial score (nSPS) is 18.2. The maximum Gasteiger partial charge on any atom is 0.123 e. The van der Waals surface area contributed by atoms with Gasteiger partial charge in [0.05, 0.1) is 6.04 Å². The lowest BCUT2D eigenvalue weighted by atomic mass is 9.89. The molecule has 2 atom stereocenters. The van der Waals surface area contributed by atoms with Crippen LogP contribution in [0.25, 0.3) is 0 Å². The Morgan fingerprint density at radius 3 is 2.43 bits per heavy atom. The molecule has 3 rings (SSSR count). The standard InChI is InChI=1S/C19H23NO/c1-11-7-12(2)18(13(3)8-11)19(20)15-5-6-17-16(10-15)9-14(4)21-17/h5-8,10,14,19H,9,20H2,1-4H3. The van der Waals surface area contributed by atoms with Crippen LogP contribution in [-0.4, -0.2) is 6.10 Å². The van der Waals surface area contributed by atoms with E-state index in [1.807, 2.05) is 0 Å². The van der Waals surface area contributed by atoms with Crippen LogP contribution in [0.1, 0.15) is 46.3 Å². The highest BCUT2D eigenvalue weighted by atomic mass is 16.5. The third-order valence-electron chi connectivity index (χ3n) is 4.33. The number of aryl methyl sites for hydroxylation is 3. The molecule has 1 aliphatic heterocycles. The molecule has 1 aliphatic rings. The second-order valence-corrected chi connectivity index (χ2v) is 6.29. The van der Waals surface area contributed by atoms with Gasteiger partial charge in [0, 0.05) is 6.42 Å². The van der Waals surface area contributed by atoms with Crippen LogP contribution in [0.15, 0.2) is 30.3 Å². The minimum Gasteiger partial charge on any atom is -0.490 e. The van der Waals surface area contributed by atoms with Gasteiger partial charge in [-0.15, -0.1) is 0 Å². The highest BCUT2D eigenvalue weighted by Gasteiger charge is 2.21. The molecule has 2 nitrogen and oxygen atoms in total. The fraction of sp³-hybridized carbons (Fsp3) is 0.368. The van der Waals surface area contributed by atoms with Gasteiger partial charge in [-0.2, -0.15) is 0 Å². The van der Waals surface area contributed by atoms with Crippen LogP contribution < -0.4 is 10.5 Å². The highest BCUT2D eigenvalue weighted by molar-refractivity contribution is 5.47. The number of rotatable bonds is 2. The third kappa shape index (κ3) is 2.56. The Kier molecular flexibility index (Phi) is 3.50. The van der Waals surface area contributed by atoms with Crippen molar-refractivity contribution in [2.45, 2.75) is 46.3 Å². The predicted octanol–water partition coefficient (Wildman–Crippen LogP) is 3.98. The highest BCUT2D eigenvalue weighted by Crippen LogP contribution is 2.33. The van der Waals surface area contributed by atoms with Gasteiger partial charge in [-0.3, -0.25) is 0 Å². The molecule has 1 heterocycles. The van der Waals surface area contributed by atoms with E-state index in [4.69, 9.17) is 10.5 Å². The molecule has 0 bridgehead atoms. The molecule has 0 spiro atoms. The van der Waals surface area contributed by atoms with E-state index < -0.39 is 0 Å². The summed E-state index contributed by atoms with van der Waals surface area (Å²) in [7, 11) is 0. The van der Waals surface area contributed by atoms with Gasteiger partial charge < -0.3 is 10.5 Å². The lowest BCUT2D eigenvalue weighted by Gasteiger charge is -2.19. The number of nitrogens with two attached hydrogens (primary N) is 1. The number of hydrogen-bond acceptors (Lipinski definition) is 2. The molecular weight excluding hydrogens is 258 g/mol. The summed E-state index contributed by atoms with van der Waals surface area (Å²) in [4.78, 5) is 0. The second-order valence-electron chi connectivity index (χ2n) is 6.29. The maximum absolute atomic E-state index is 6.56. The molecule has 2 unspecified atom stereocenters. The summed E-state index contributed by atoms with van der Waals surface area (Å²) in [6, 6.07) is 10.7. The fourth-order valence-electron chi connectivity index (χ4n) is 3.48. The Morgan fingerprint density at radius 2 is 1.76 bits per heavy atom. The molecule has 0 amide bonds. The van der Waals surface area contributed by atoms with Crippen LogP contribution >= 0.6 is 0 Å². The van der Waals surface area contributed by atoms with E-state index in [0.717, 1.165) is 12.2 Å². The van der Waals surface area contributed by atoms with Crippen molar-refractivity contribution in [3.05, 3.63) is 63.7 Å². The Hall–Kier alpha value is -1.80. The predicted molar refractivity (Wildman–Crippen MR) is 86.9 cm³/mol. The first-order valence-electron chi connectivity index (χ1n) is 7.58. The van der Waals surface area contributed by atoms with Crippen molar-refractivity contribution in [3.8, 4) is 5.75 Å². The molecular formula is C19H23NO. The number of benzene rings is 2. The summed E-state index contributed by atoms with van der Waals surface area (Å²) in [5.74, 6) is 1.01. The Bertz CT molecular complexity index is 667. The third-order valence-corrected chi connectivity index (χ3v) is 4.33. The molecule has 0 saturated heterocycles. The molecule has 2 N–H and O–H groups in total. The minimum absolute atomic E-state index is 0.0770. The van der Waals surface area contributed by atoms with Crippen LogP contribution in [0, 0.1) is 20.8 Å². The van der Waals surface area contributed by atoms with Gasteiger partial charge in [0.2, 0.25) is 0 Å². The van der Waals surface area contributed by atoms with Gasteiger partial charge in [-0.05, 0) is 61.6 Å². The van der Waals surface area contributed by atoms with Crippen molar-refractivity contribution < 1.29 is 4.74 Å².